The molecule has 22 heavy (non-hydrogen) atoms. The van der Waals surface area contributed by atoms with Crippen molar-refractivity contribution in [2.24, 2.45) is 0 Å². The largest absolute Gasteiger partial charge is 0.374 e. The number of carbonyl (C=O) groups excluding carboxylic acids is 1. The Morgan fingerprint density at radius 3 is 2.82 bits per heavy atom. The SMILES string of the molecule is [B]c1cnc2c(c1)C(=O)N(Cc1ccc(C)cc1F)C2([B])O. The van der Waals surface area contributed by atoms with E-state index >= 15 is 0 Å². The van der Waals surface area contributed by atoms with Gasteiger partial charge in [0.25, 0.3) is 5.91 Å². The van der Waals surface area contributed by atoms with Crippen molar-refractivity contribution >= 4 is 27.1 Å². The number of pyridine rings is 1. The Kier molecular flexibility index (Phi) is 3.33. The topological polar surface area (TPSA) is 53.4 Å². The molecule has 2 aromatic rings. The van der Waals surface area contributed by atoms with Crippen molar-refractivity contribution in [2.45, 2.75) is 19.1 Å². The van der Waals surface area contributed by atoms with E-state index in [0.717, 1.165) is 10.5 Å². The fraction of sp³-hybridized carbons (Fsp3) is 0.200. The highest BCUT2D eigenvalue weighted by molar-refractivity contribution is 6.32. The molecule has 0 aliphatic carbocycles. The van der Waals surface area contributed by atoms with Crippen LogP contribution < -0.4 is 5.46 Å². The Labute approximate surface area is 129 Å². The molecule has 1 atom stereocenters. The van der Waals surface area contributed by atoms with Gasteiger partial charge in [0, 0.05) is 11.8 Å². The Bertz CT molecular complexity index is 780. The van der Waals surface area contributed by atoms with Crippen molar-refractivity contribution in [3.8, 4) is 0 Å². The summed E-state index contributed by atoms with van der Waals surface area (Å²) in [5.41, 5.74) is -0.668. The second-order valence-electron chi connectivity index (χ2n) is 5.38. The molecular formula is C15H11B2FN2O2. The van der Waals surface area contributed by atoms with E-state index in [1.165, 1.54) is 18.3 Å². The summed E-state index contributed by atoms with van der Waals surface area (Å²) in [4.78, 5) is 17.3. The predicted molar refractivity (Wildman–Crippen MR) is 80.3 cm³/mol. The number of aromatic nitrogens is 1. The first-order valence-corrected chi connectivity index (χ1v) is 6.65. The molecule has 1 aliphatic rings. The zero-order valence-corrected chi connectivity index (χ0v) is 11.9. The van der Waals surface area contributed by atoms with Gasteiger partial charge in [0.15, 0.2) is 7.85 Å². The first kappa shape index (κ1) is 14.8. The van der Waals surface area contributed by atoms with Crippen LogP contribution in [0.15, 0.2) is 30.5 Å². The molecule has 1 amide bonds. The van der Waals surface area contributed by atoms with Gasteiger partial charge in [-0.2, -0.15) is 0 Å². The zero-order valence-electron chi connectivity index (χ0n) is 11.9. The number of carbonyl (C=O) groups is 1. The van der Waals surface area contributed by atoms with E-state index in [0.29, 0.717) is 0 Å². The minimum atomic E-state index is -2.10. The first-order chi connectivity index (χ1) is 10.3. The quantitative estimate of drug-likeness (QED) is 0.807. The van der Waals surface area contributed by atoms with Gasteiger partial charge in [0.05, 0.1) is 17.8 Å². The maximum Gasteiger partial charge on any atom is 0.258 e. The van der Waals surface area contributed by atoms with Crippen LogP contribution in [0.1, 0.15) is 27.2 Å². The third-order valence-electron chi connectivity index (χ3n) is 3.68. The van der Waals surface area contributed by atoms with Crippen LogP contribution in [0.4, 0.5) is 4.39 Å². The zero-order chi connectivity index (χ0) is 16.1. The summed E-state index contributed by atoms with van der Waals surface area (Å²) < 4.78 is 14.0. The van der Waals surface area contributed by atoms with E-state index in [1.807, 2.05) is 0 Å². The average Bonchev–Trinajstić information content (AvgIpc) is 2.62. The van der Waals surface area contributed by atoms with E-state index in [2.05, 4.69) is 4.98 Å². The molecule has 4 nitrogen and oxygen atoms in total. The molecule has 1 aliphatic heterocycles. The molecule has 1 aromatic heterocycles. The van der Waals surface area contributed by atoms with E-state index in [-0.39, 0.29) is 28.8 Å². The smallest absolute Gasteiger partial charge is 0.258 e. The summed E-state index contributed by atoms with van der Waals surface area (Å²) in [6, 6.07) is 6.03. The summed E-state index contributed by atoms with van der Waals surface area (Å²) in [6.45, 7) is 1.59. The van der Waals surface area contributed by atoms with Gasteiger partial charge in [0.2, 0.25) is 0 Å². The number of benzene rings is 1. The van der Waals surface area contributed by atoms with E-state index in [9.17, 15) is 14.3 Å². The van der Waals surface area contributed by atoms with Crippen molar-refractivity contribution in [3.63, 3.8) is 0 Å². The summed E-state index contributed by atoms with van der Waals surface area (Å²) in [6.07, 6.45) is 1.31. The molecule has 0 saturated carbocycles. The van der Waals surface area contributed by atoms with Crippen molar-refractivity contribution in [1.29, 1.82) is 0 Å². The number of rotatable bonds is 2. The molecule has 106 valence electrons. The van der Waals surface area contributed by atoms with E-state index in [4.69, 9.17) is 15.7 Å². The van der Waals surface area contributed by atoms with Crippen LogP contribution in [0.25, 0.3) is 0 Å². The maximum absolute atomic E-state index is 14.0. The Balaban J connectivity index is 2.00. The van der Waals surface area contributed by atoms with Gasteiger partial charge >= 0.3 is 0 Å². The van der Waals surface area contributed by atoms with Crippen LogP contribution in [0.2, 0.25) is 0 Å². The third-order valence-corrected chi connectivity index (χ3v) is 3.68. The third kappa shape index (κ3) is 2.22. The van der Waals surface area contributed by atoms with Crippen LogP contribution in [0.5, 0.6) is 0 Å². The molecule has 0 saturated heterocycles. The lowest BCUT2D eigenvalue weighted by Crippen LogP contribution is -2.44. The molecule has 4 radical (unpaired) electrons. The Morgan fingerprint density at radius 1 is 1.41 bits per heavy atom. The lowest BCUT2D eigenvalue weighted by Gasteiger charge is -2.31. The van der Waals surface area contributed by atoms with Gasteiger partial charge < -0.3 is 10.0 Å². The molecule has 7 heteroatoms. The summed E-state index contributed by atoms with van der Waals surface area (Å²) >= 11 is 0. The predicted octanol–water partition coefficient (Wildman–Crippen LogP) is 0.250. The van der Waals surface area contributed by atoms with Crippen molar-refractivity contribution in [3.05, 3.63) is 58.7 Å². The lowest BCUT2D eigenvalue weighted by atomic mass is 9.86. The summed E-state index contributed by atoms with van der Waals surface area (Å²) in [7, 11) is 11.4. The monoisotopic (exact) mass is 292 g/mol. The molecule has 2 heterocycles. The Morgan fingerprint density at radius 2 is 2.14 bits per heavy atom. The highest BCUT2D eigenvalue weighted by Crippen LogP contribution is 2.34. The molecule has 3 rings (SSSR count). The van der Waals surface area contributed by atoms with Gasteiger partial charge in [-0.3, -0.25) is 9.78 Å². The number of halogens is 1. The van der Waals surface area contributed by atoms with Crippen molar-refractivity contribution < 1.29 is 14.3 Å². The number of aliphatic hydroxyl groups is 1. The van der Waals surface area contributed by atoms with Gasteiger partial charge in [0.1, 0.15) is 19.3 Å². The Hall–Kier alpha value is -2.14. The maximum atomic E-state index is 14.0. The normalized spacial score (nSPS) is 20.3. The number of hydrogen-bond acceptors (Lipinski definition) is 3. The fourth-order valence-electron chi connectivity index (χ4n) is 2.51. The van der Waals surface area contributed by atoms with Gasteiger partial charge in [-0.05, 0) is 18.6 Å². The molecule has 1 unspecified atom stereocenters. The van der Waals surface area contributed by atoms with Gasteiger partial charge in [-0.25, -0.2) is 4.39 Å². The minimum Gasteiger partial charge on any atom is -0.374 e. The van der Waals surface area contributed by atoms with E-state index < -0.39 is 17.3 Å². The van der Waals surface area contributed by atoms with Crippen LogP contribution in [-0.2, 0) is 12.2 Å². The second kappa shape index (κ2) is 4.95. The summed E-state index contributed by atoms with van der Waals surface area (Å²) in [5, 5.41) is 10.4. The highest BCUT2D eigenvalue weighted by atomic mass is 19.1. The number of aryl methyl sites for hydroxylation is 1. The van der Waals surface area contributed by atoms with Gasteiger partial charge in [-0.15, -0.1) is 0 Å². The van der Waals surface area contributed by atoms with Gasteiger partial charge in [-0.1, -0.05) is 23.7 Å². The van der Waals surface area contributed by atoms with Crippen LogP contribution >= 0.6 is 0 Å². The molecule has 0 spiro atoms. The van der Waals surface area contributed by atoms with Crippen molar-refractivity contribution in [1.82, 2.24) is 9.88 Å². The molecule has 1 aromatic carbocycles. The number of nitrogens with zero attached hydrogens (tertiary/aromatic N) is 2. The van der Waals surface area contributed by atoms with Crippen LogP contribution in [0.3, 0.4) is 0 Å². The number of fused-ring (bicyclic) bond motifs is 1. The standard InChI is InChI=1S/C15H11B2FN2O2/c1-8-2-3-9(12(18)4-8)7-20-14(21)11-5-10(16)6-19-13(11)15(20,17)22/h2-6,22H,7H2,1H3. The first-order valence-electron chi connectivity index (χ1n) is 6.65. The molecular weight excluding hydrogens is 281 g/mol. The number of hydrogen-bond donors (Lipinski definition) is 1. The molecule has 0 fully saturated rings. The van der Waals surface area contributed by atoms with Crippen molar-refractivity contribution in [2.75, 3.05) is 0 Å². The minimum absolute atomic E-state index is 0.0132. The number of amides is 1. The molecule has 0 bridgehead atoms. The fourth-order valence-corrected chi connectivity index (χ4v) is 2.51. The highest BCUT2D eigenvalue weighted by Gasteiger charge is 2.45. The average molecular weight is 292 g/mol. The molecule has 1 N–H and O–H groups in total. The van der Waals surface area contributed by atoms with Crippen LogP contribution in [0, 0.1) is 12.7 Å². The van der Waals surface area contributed by atoms with E-state index in [1.54, 1.807) is 19.1 Å². The second-order valence-corrected chi connectivity index (χ2v) is 5.38. The lowest BCUT2D eigenvalue weighted by molar-refractivity contribution is -0.0227. The van der Waals surface area contributed by atoms with Crippen LogP contribution in [-0.4, -0.2) is 36.6 Å². The summed E-state index contributed by atoms with van der Waals surface area (Å²) in [5.74, 6) is -1.01.